The lowest BCUT2D eigenvalue weighted by Gasteiger charge is -2.24. The van der Waals surface area contributed by atoms with E-state index in [-0.39, 0.29) is 32.7 Å². The smallest absolute Gasteiger partial charge is 0.353 e. The average Bonchev–Trinajstić information content (AvgIpc) is 2.55. The quantitative estimate of drug-likeness (QED) is 0.128. The molecule has 0 fully saturated rings. The van der Waals surface area contributed by atoms with Gasteiger partial charge in [-0.2, -0.15) is 13.7 Å². The molecule has 0 aliphatic carbocycles. The first-order valence-electron chi connectivity index (χ1n) is 7.93. The number of rotatable bonds is 17. The van der Waals surface area contributed by atoms with E-state index in [1.54, 1.807) is 20.8 Å². The van der Waals surface area contributed by atoms with Crippen LogP contribution < -0.4 is 0 Å². The molecule has 0 amide bonds. The molecule has 0 aromatic heterocycles. The second kappa shape index (κ2) is 15.4. The molecule has 0 saturated carbocycles. The maximum atomic E-state index is 5.55. The fourth-order valence-electron chi connectivity index (χ4n) is 1.30. The zero-order valence-electron chi connectivity index (χ0n) is 14.7. The van der Waals surface area contributed by atoms with Gasteiger partial charge in [-0.05, 0) is 41.0 Å². The highest BCUT2D eigenvalue weighted by Gasteiger charge is 2.52. The van der Waals surface area contributed by atoms with Crippen LogP contribution >= 0.6 is 0 Å². The van der Waals surface area contributed by atoms with Crippen LogP contribution in [-0.2, 0) is 42.3 Å². The minimum atomic E-state index is -3.70. The fourth-order valence-corrected chi connectivity index (χ4v) is 2.70. The van der Waals surface area contributed by atoms with Gasteiger partial charge in [0.25, 0.3) is 0 Å². The summed E-state index contributed by atoms with van der Waals surface area (Å²) < 4.78 is 31.6. The van der Waals surface area contributed by atoms with Crippen LogP contribution in [0.1, 0.15) is 41.0 Å². The molecule has 0 saturated heterocycles. The monoisotopic (exact) mass is 358 g/mol. The van der Waals surface area contributed by atoms with Gasteiger partial charge >= 0.3 is 9.05 Å². The van der Waals surface area contributed by atoms with E-state index in [0.717, 1.165) is 0 Å². The standard InChI is InChI=1S/C13H30O9Si/c1-6-14-13(5)15-11-10-12-19-23(20-16-7-2,21-17-8-3)22-18-9-4/h13H,6-12H2,1-5H3. The van der Waals surface area contributed by atoms with Gasteiger partial charge in [-0.1, -0.05) is 0 Å². The third-order valence-corrected chi connectivity index (χ3v) is 3.68. The summed E-state index contributed by atoms with van der Waals surface area (Å²) in [7, 11) is -3.70. The topological polar surface area (TPSA) is 83.1 Å². The Morgan fingerprint density at radius 2 is 1.22 bits per heavy atom. The molecule has 1 unspecified atom stereocenters. The second-order valence-electron chi connectivity index (χ2n) is 4.07. The van der Waals surface area contributed by atoms with Crippen molar-refractivity contribution < 1.29 is 42.3 Å². The van der Waals surface area contributed by atoms with Gasteiger partial charge in [0.2, 0.25) is 0 Å². The van der Waals surface area contributed by atoms with Crippen LogP contribution in [0.25, 0.3) is 0 Å². The third kappa shape index (κ3) is 11.9. The van der Waals surface area contributed by atoms with Crippen molar-refractivity contribution in [1.82, 2.24) is 0 Å². The lowest BCUT2D eigenvalue weighted by Crippen LogP contribution is -2.49. The molecule has 0 rings (SSSR count). The van der Waals surface area contributed by atoms with Crippen LogP contribution in [0.5, 0.6) is 0 Å². The highest BCUT2D eigenvalue weighted by molar-refractivity contribution is 6.52. The maximum Gasteiger partial charge on any atom is 0.764 e. The lowest BCUT2D eigenvalue weighted by atomic mass is 10.5. The lowest BCUT2D eigenvalue weighted by molar-refractivity contribution is -0.385. The zero-order valence-corrected chi connectivity index (χ0v) is 15.7. The van der Waals surface area contributed by atoms with Crippen LogP contribution in [0.2, 0.25) is 0 Å². The molecule has 0 heterocycles. The van der Waals surface area contributed by atoms with E-state index < -0.39 is 9.05 Å². The first-order chi connectivity index (χ1) is 11.1. The van der Waals surface area contributed by atoms with Gasteiger partial charge in [0.1, 0.15) is 0 Å². The van der Waals surface area contributed by atoms with Crippen molar-refractivity contribution in [1.29, 1.82) is 0 Å². The van der Waals surface area contributed by atoms with Crippen LogP contribution in [0.4, 0.5) is 0 Å². The highest BCUT2D eigenvalue weighted by atomic mass is 28.4. The molecule has 10 heteroatoms. The molecular formula is C13H30O9Si. The first kappa shape index (κ1) is 22.9. The van der Waals surface area contributed by atoms with E-state index in [1.165, 1.54) is 0 Å². The van der Waals surface area contributed by atoms with Gasteiger partial charge in [0.05, 0.1) is 26.4 Å². The molecule has 0 radical (unpaired) electrons. The van der Waals surface area contributed by atoms with Gasteiger partial charge in [-0.3, -0.25) is 0 Å². The van der Waals surface area contributed by atoms with E-state index in [1.807, 2.05) is 13.8 Å². The molecule has 140 valence electrons. The van der Waals surface area contributed by atoms with E-state index in [2.05, 4.69) is 0 Å². The Labute approximate surface area is 139 Å². The van der Waals surface area contributed by atoms with Crippen LogP contribution in [0, 0.1) is 0 Å². The summed E-state index contributed by atoms with van der Waals surface area (Å²) >= 11 is 0. The Bertz CT molecular complexity index is 236. The minimum absolute atomic E-state index is 0.248. The van der Waals surface area contributed by atoms with Crippen molar-refractivity contribution in [2.75, 3.05) is 39.6 Å². The zero-order chi connectivity index (χ0) is 17.4. The minimum Gasteiger partial charge on any atom is -0.353 e. The summed E-state index contributed by atoms with van der Waals surface area (Å²) in [5.74, 6) is 0. The number of hydrogen-bond donors (Lipinski definition) is 0. The van der Waals surface area contributed by atoms with Gasteiger partial charge in [0, 0.05) is 13.2 Å². The molecule has 0 aromatic carbocycles. The van der Waals surface area contributed by atoms with Crippen LogP contribution in [0.15, 0.2) is 0 Å². The van der Waals surface area contributed by atoms with Crippen LogP contribution in [-0.4, -0.2) is 55.0 Å². The largest absolute Gasteiger partial charge is 0.764 e. The van der Waals surface area contributed by atoms with Crippen molar-refractivity contribution in [2.24, 2.45) is 0 Å². The summed E-state index contributed by atoms with van der Waals surface area (Å²) in [5, 5.41) is 0. The number of ether oxygens (including phenoxy) is 2. The summed E-state index contributed by atoms with van der Waals surface area (Å²) in [6.45, 7) is 11.2. The molecule has 1 atom stereocenters. The predicted molar refractivity (Wildman–Crippen MR) is 81.5 cm³/mol. The molecule has 0 spiro atoms. The SMILES string of the molecule is CCOO[Si](OCCCOC(C)OCC)(OOCC)OOCC. The fraction of sp³-hybridized carbons (Fsp3) is 1.00. The molecule has 0 N–H and O–H groups in total. The van der Waals surface area contributed by atoms with Crippen LogP contribution in [0.3, 0.4) is 0 Å². The van der Waals surface area contributed by atoms with Crippen molar-refractivity contribution >= 4 is 9.05 Å². The molecule has 9 nitrogen and oxygen atoms in total. The molecule has 0 aliphatic heterocycles. The van der Waals surface area contributed by atoms with Gasteiger partial charge in [-0.15, -0.1) is 0 Å². The van der Waals surface area contributed by atoms with Gasteiger partial charge in [-0.25, -0.2) is 14.7 Å². The molecular weight excluding hydrogens is 328 g/mol. The predicted octanol–water partition coefficient (Wildman–Crippen LogP) is 2.13. The normalized spacial score (nSPS) is 13.4. The van der Waals surface area contributed by atoms with E-state index in [4.69, 9.17) is 42.3 Å². The second-order valence-corrected chi connectivity index (χ2v) is 5.85. The van der Waals surface area contributed by atoms with Crippen molar-refractivity contribution in [3.63, 3.8) is 0 Å². The Balaban J connectivity index is 4.29. The highest BCUT2D eigenvalue weighted by Crippen LogP contribution is 2.14. The Morgan fingerprint density at radius 3 is 1.65 bits per heavy atom. The van der Waals surface area contributed by atoms with Gasteiger partial charge in [0.15, 0.2) is 6.29 Å². The Hall–Kier alpha value is -0.143. The molecule has 23 heavy (non-hydrogen) atoms. The average molecular weight is 358 g/mol. The summed E-state index contributed by atoms with van der Waals surface area (Å²) in [6, 6.07) is 0. The summed E-state index contributed by atoms with van der Waals surface area (Å²) in [6.07, 6.45) is 0.313. The molecule has 0 aromatic rings. The Morgan fingerprint density at radius 1 is 0.696 bits per heavy atom. The summed E-state index contributed by atoms with van der Waals surface area (Å²) in [4.78, 5) is 14.7. The molecule has 0 aliphatic rings. The van der Waals surface area contributed by atoms with E-state index >= 15 is 0 Å². The van der Waals surface area contributed by atoms with Crippen molar-refractivity contribution in [2.45, 2.75) is 47.3 Å². The molecule has 0 bridgehead atoms. The first-order valence-corrected chi connectivity index (χ1v) is 9.56. The van der Waals surface area contributed by atoms with E-state index in [0.29, 0.717) is 19.6 Å². The number of hydrogen-bond acceptors (Lipinski definition) is 9. The van der Waals surface area contributed by atoms with Gasteiger partial charge < -0.3 is 13.9 Å². The maximum absolute atomic E-state index is 5.55. The summed E-state index contributed by atoms with van der Waals surface area (Å²) in [5.41, 5.74) is 0. The van der Waals surface area contributed by atoms with Crippen molar-refractivity contribution in [3.05, 3.63) is 0 Å². The van der Waals surface area contributed by atoms with E-state index in [9.17, 15) is 0 Å². The van der Waals surface area contributed by atoms with Crippen molar-refractivity contribution in [3.8, 4) is 0 Å². The third-order valence-electron chi connectivity index (χ3n) is 2.16. The Kier molecular flexibility index (Phi) is 15.3.